The van der Waals surface area contributed by atoms with Gasteiger partial charge < -0.3 is 0 Å². The molecule has 0 spiro atoms. The Morgan fingerprint density at radius 3 is 2.24 bits per heavy atom. The van der Waals surface area contributed by atoms with Gasteiger partial charge in [-0.05, 0) is 48.9 Å². The maximum absolute atomic E-state index is 2.57. The molecular weight excluding hydrogens is 220 g/mol. The minimum absolute atomic E-state index is 0.832. The predicted octanol–water partition coefficient (Wildman–Crippen LogP) is 5.18. The Morgan fingerprint density at radius 2 is 1.53 bits per heavy atom. The van der Waals surface area contributed by atoms with E-state index in [9.17, 15) is 0 Å². The summed E-state index contributed by atoms with van der Waals surface area (Å²) in [5.41, 5.74) is 0. The van der Waals surface area contributed by atoms with Gasteiger partial charge in [-0.3, -0.25) is 0 Å². The van der Waals surface area contributed by atoms with E-state index in [1.807, 2.05) is 0 Å². The summed E-state index contributed by atoms with van der Waals surface area (Å²) in [5, 5.41) is 0. The van der Waals surface area contributed by atoms with Crippen LogP contribution in [0.3, 0.4) is 0 Å². The molecule has 3 aliphatic carbocycles. The molecule has 0 nitrogen and oxygen atoms in total. The SMILES string of the molecule is C[Si](C)(C)CC1CCC2CC3CCCC3CC21. The lowest BCUT2D eigenvalue weighted by Gasteiger charge is -2.38. The van der Waals surface area contributed by atoms with Crippen LogP contribution in [0.4, 0.5) is 0 Å². The lowest BCUT2D eigenvalue weighted by molar-refractivity contribution is 0.135. The first-order valence-corrected chi connectivity index (χ1v) is 11.7. The third kappa shape index (κ3) is 2.50. The molecule has 5 atom stereocenters. The lowest BCUT2D eigenvalue weighted by Crippen LogP contribution is -2.32. The van der Waals surface area contributed by atoms with Crippen molar-refractivity contribution in [3.63, 3.8) is 0 Å². The monoisotopic (exact) mass is 250 g/mol. The normalized spacial score (nSPS) is 45.7. The number of hydrogen-bond donors (Lipinski definition) is 0. The van der Waals surface area contributed by atoms with E-state index in [4.69, 9.17) is 0 Å². The maximum Gasteiger partial charge on any atom is 0.0445 e. The first-order chi connectivity index (χ1) is 8.03. The molecule has 0 aromatic heterocycles. The summed E-state index contributed by atoms with van der Waals surface area (Å²) in [6.45, 7) is 7.71. The van der Waals surface area contributed by atoms with Gasteiger partial charge in [0.05, 0.1) is 0 Å². The second-order valence-corrected chi connectivity index (χ2v) is 14.0. The molecule has 98 valence electrons. The molecule has 0 N–H and O–H groups in total. The average molecular weight is 251 g/mol. The van der Waals surface area contributed by atoms with E-state index >= 15 is 0 Å². The molecular formula is C16H30Si. The standard InChI is InChI=1S/C16H30Si/c1-17(2,3)11-15-8-7-14-9-12-5-4-6-13(12)10-16(14)15/h12-16H,4-11H2,1-3H3. The molecule has 17 heavy (non-hydrogen) atoms. The minimum Gasteiger partial charge on any atom is -0.0695 e. The molecule has 0 aromatic rings. The van der Waals surface area contributed by atoms with Crippen molar-refractivity contribution in [2.75, 3.05) is 0 Å². The van der Waals surface area contributed by atoms with Crippen molar-refractivity contribution in [1.29, 1.82) is 0 Å². The van der Waals surface area contributed by atoms with Crippen LogP contribution in [0, 0.1) is 29.6 Å². The maximum atomic E-state index is 2.57. The van der Waals surface area contributed by atoms with Crippen LogP contribution in [-0.2, 0) is 0 Å². The van der Waals surface area contributed by atoms with E-state index in [0.717, 1.165) is 29.6 Å². The lowest BCUT2D eigenvalue weighted by atomic mass is 9.69. The zero-order valence-electron chi connectivity index (χ0n) is 12.0. The molecule has 1 heteroatoms. The van der Waals surface area contributed by atoms with Gasteiger partial charge in [0.1, 0.15) is 0 Å². The first-order valence-electron chi connectivity index (χ1n) is 8.03. The quantitative estimate of drug-likeness (QED) is 0.593. The van der Waals surface area contributed by atoms with Crippen LogP contribution in [0.2, 0.25) is 25.7 Å². The van der Waals surface area contributed by atoms with Gasteiger partial charge in [-0.15, -0.1) is 0 Å². The van der Waals surface area contributed by atoms with Crippen LogP contribution >= 0.6 is 0 Å². The highest BCUT2D eigenvalue weighted by molar-refractivity contribution is 6.76. The zero-order chi connectivity index (χ0) is 12.0. The molecule has 0 aliphatic heterocycles. The molecule has 0 saturated heterocycles. The van der Waals surface area contributed by atoms with Gasteiger partial charge >= 0.3 is 0 Å². The highest BCUT2D eigenvalue weighted by Gasteiger charge is 2.45. The fourth-order valence-corrected chi connectivity index (χ4v) is 7.51. The Balaban J connectivity index is 1.67. The Morgan fingerprint density at radius 1 is 0.824 bits per heavy atom. The summed E-state index contributed by atoms with van der Waals surface area (Å²) < 4.78 is 0. The number of hydrogen-bond acceptors (Lipinski definition) is 0. The Kier molecular flexibility index (Phi) is 3.17. The minimum atomic E-state index is -0.832. The number of rotatable bonds is 2. The first kappa shape index (κ1) is 12.3. The molecule has 3 aliphatic rings. The summed E-state index contributed by atoms with van der Waals surface area (Å²) in [5.74, 6) is 5.74. The molecule has 3 saturated carbocycles. The summed E-state index contributed by atoms with van der Waals surface area (Å²) in [4.78, 5) is 0. The zero-order valence-corrected chi connectivity index (χ0v) is 13.0. The third-order valence-corrected chi connectivity index (χ3v) is 7.74. The van der Waals surface area contributed by atoms with Crippen molar-refractivity contribution in [2.24, 2.45) is 29.6 Å². The smallest absolute Gasteiger partial charge is 0.0445 e. The summed E-state index contributed by atoms with van der Waals surface area (Å²) in [6.07, 6.45) is 11.1. The summed E-state index contributed by atoms with van der Waals surface area (Å²) in [6, 6.07) is 1.62. The van der Waals surface area contributed by atoms with Crippen LogP contribution in [0.25, 0.3) is 0 Å². The molecule has 0 aromatic carbocycles. The molecule has 0 amide bonds. The van der Waals surface area contributed by atoms with Crippen molar-refractivity contribution in [3.8, 4) is 0 Å². The van der Waals surface area contributed by atoms with Crippen LogP contribution in [0.15, 0.2) is 0 Å². The second kappa shape index (κ2) is 4.40. The molecule has 0 heterocycles. The highest BCUT2D eigenvalue weighted by Crippen LogP contribution is 2.55. The van der Waals surface area contributed by atoms with Gasteiger partial charge in [0.2, 0.25) is 0 Å². The number of fused-ring (bicyclic) bond motifs is 2. The van der Waals surface area contributed by atoms with Gasteiger partial charge in [-0.25, -0.2) is 0 Å². The summed E-state index contributed by atoms with van der Waals surface area (Å²) >= 11 is 0. The van der Waals surface area contributed by atoms with E-state index < -0.39 is 8.07 Å². The van der Waals surface area contributed by atoms with Crippen molar-refractivity contribution < 1.29 is 0 Å². The van der Waals surface area contributed by atoms with Gasteiger partial charge in [-0.2, -0.15) is 0 Å². The molecule has 3 fully saturated rings. The van der Waals surface area contributed by atoms with E-state index in [-0.39, 0.29) is 0 Å². The Hall–Kier alpha value is 0.217. The molecule has 3 rings (SSSR count). The van der Waals surface area contributed by atoms with E-state index in [2.05, 4.69) is 19.6 Å². The topological polar surface area (TPSA) is 0 Å². The summed E-state index contributed by atoms with van der Waals surface area (Å²) in [7, 11) is -0.832. The third-order valence-electron chi connectivity index (χ3n) is 5.99. The largest absolute Gasteiger partial charge is 0.0695 e. The van der Waals surface area contributed by atoms with E-state index in [1.165, 1.54) is 0 Å². The fraction of sp³-hybridized carbons (Fsp3) is 1.00. The van der Waals surface area contributed by atoms with Gasteiger partial charge in [0.25, 0.3) is 0 Å². The van der Waals surface area contributed by atoms with Gasteiger partial charge in [0.15, 0.2) is 0 Å². The van der Waals surface area contributed by atoms with Gasteiger partial charge in [0, 0.05) is 8.07 Å². The predicted molar refractivity (Wildman–Crippen MR) is 77.9 cm³/mol. The van der Waals surface area contributed by atoms with Crippen molar-refractivity contribution in [2.45, 2.75) is 70.6 Å². The molecule has 0 bridgehead atoms. The van der Waals surface area contributed by atoms with E-state index in [0.29, 0.717) is 0 Å². The van der Waals surface area contributed by atoms with Crippen molar-refractivity contribution in [1.82, 2.24) is 0 Å². The van der Waals surface area contributed by atoms with Gasteiger partial charge in [-0.1, -0.05) is 51.4 Å². The second-order valence-electron chi connectivity index (χ2n) is 8.45. The fourth-order valence-electron chi connectivity index (χ4n) is 5.43. The van der Waals surface area contributed by atoms with Crippen LogP contribution in [0.5, 0.6) is 0 Å². The Labute approximate surface area is 109 Å². The van der Waals surface area contributed by atoms with Crippen molar-refractivity contribution in [3.05, 3.63) is 0 Å². The van der Waals surface area contributed by atoms with Crippen molar-refractivity contribution >= 4 is 8.07 Å². The molecule has 0 radical (unpaired) electrons. The highest BCUT2D eigenvalue weighted by atomic mass is 28.3. The average Bonchev–Trinajstić information content (AvgIpc) is 2.80. The molecule has 5 unspecified atom stereocenters. The Bertz CT molecular complexity index is 278. The van der Waals surface area contributed by atoms with Crippen LogP contribution in [-0.4, -0.2) is 8.07 Å². The van der Waals surface area contributed by atoms with Crippen LogP contribution in [0.1, 0.15) is 44.9 Å². The van der Waals surface area contributed by atoms with E-state index in [1.54, 1.807) is 51.0 Å². The van der Waals surface area contributed by atoms with Crippen LogP contribution < -0.4 is 0 Å².